The van der Waals surface area contributed by atoms with E-state index in [1.54, 1.807) is 0 Å². The Morgan fingerprint density at radius 1 is 1.29 bits per heavy atom. The molecule has 1 aromatic rings. The second-order valence-corrected chi connectivity index (χ2v) is 4.76. The quantitative estimate of drug-likeness (QED) is 0.377. The minimum absolute atomic E-state index is 0.0669. The van der Waals surface area contributed by atoms with Crippen LogP contribution >= 0.6 is 0 Å². The summed E-state index contributed by atoms with van der Waals surface area (Å²) in [5, 5.41) is 0. The maximum Gasteiger partial charge on any atom is 0.330 e. The first-order chi connectivity index (χ1) is 10.2. The van der Waals surface area contributed by atoms with Gasteiger partial charge in [0.15, 0.2) is 0 Å². The van der Waals surface area contributed by atoms with Gasteiger partial charge in [-0.2, -0.15) is 0 Å². The highest BCUT2D eigenvalue weighted by Gasteiger charge is 2.04. The summed E-state index contributed by atoms with van der Waals surface area (Å²) in [6, 6.07) is 8.12. The van der Waals surface area contributed by atoms with E-state index in [4.69, 9.17) is 14.2 Å². The number of hydrogen-bond acceptors (Lipinski definition) is 4. The van der Waals surface area contributed by atoms with Crippen LogP contribution < -0.4 is 4.74 Å². The van der Waals surface area contributed by atoms with Crippen LogP contribution in [0.15, 0.2) is 36.9 Å². The lowest BCUT2D eigenvalue weighted by Gasteiger charge is -2.14. The third-order valence-corrected chi connectivity index (χ3v) is 2.84. The van der Waals surface area contributed by atoms with E-state index < -0.39 is 5.97 Å². The maximum atomic E-state index is 10.8. The molecule has 4 heteroatoms. The van der Waals surface area contributed by atoms with Crippen LogP contribution in [-0.4, -0.2) is 31.9 Å². The van der Waals surface area contributed by atoms with Crippen molar-refractivity contribution in [1.29, 1.82) is 0 Å². The van der Waals surface area contributed by atoms with Gasteiger partial charge in [-0.3, -0.25) is 0 Å². The summed E-state index contributed by atoms with van der Waals surface area (Å²) in [6.07, 6.45) is 3.29. The molecule has 0 aliphatic carbocycles. The molecular formula is C17H24O4. The number of benzene rings is 1. The molecule has 0 radical (unpaired) electrons. The van der Waals surface area contributed by atoms with E-state index >= 15 is 0 Å². The molecule has 1 atom stereocenters. The van der Waals surface area contributed by atoms with Crippen molar-refractivity contribution in [3.05, 3.63) is 42.5 Å². The second kappa shape index (κ2) is 10.00. The van der Waals surface area contributed by atoms with Crippen molar-refractivity contribution in [3.8, 4) is 5.75 Å². The molecule has 0 saturated carbocycles. The predicted molar refractivity (Wildman–Crippen MR) is 82.5 cm³/mol. The molecule has 0 N–H and O–H groups in total. The summed E-state index contributed by atoms with van der Waals surface area (Å²) >= 11 is 0. The third-order valence-electron chi connectivity index (χ3n) is 2.84. The van der Waals surface area contributed by atoms with Crippen LogP contribution in [0, 0.1) is 0 Å². The van der Waals surface area contributed by atoms with Gasteiger partial charge in [-0.05, 0) is 31.0 Å². The molecule has 0 amide bonds. The number of ether oxygens (including phenoxy) is 3. The first-order valence-electron chi connectivity index (χ1n) is 7.28. The van der Waals surface area contributed by atoms with E-state index in [1.165, 1.54) is 5.56 Å². The molecule has 0 aliphatic rings. The SMILES string of the molecule is C=CC(=O)OCCOC(C)COc1ccc(CCC)cc1. The summed E-state index contributed by atoms with van der Waals surface area (Å²) in [4.78, 5) is 10.8. The van der Waals surface area contributed by atoms with E-state index in [0.29, 0.717) is 13.2 Å². The molecule has 0 bridgehead atoms. The Hall–Kier alpha value is -1.81. The van der Waals surface area contributed by atoms with E-state index in [2.05, 4.69) is 25.6 Å². The van der Waals surface area contributed by atoms with E-state index in [0.717, 1.165) is 24.7 Å². The fourth-order valence-electron chi connectivity index (χ4n) is 1.75. The van der Waals surface area contributed by atoms with Gasteiger partial charge in [0, 0.05) is 6.08 Å². The Bertz CT molecular complexity index is 425. The highest BCUT2D eigenvalue weighted by molar-refractivity contribution is 5.81. The highest BCUT2D eigenvalue weighted by atomic mass is 16.6. The number of carbonyl (C=O) groups is 1. The average Bonchev–Trinajstić information content (AvgIpc) is 2.51. The summed E-state index contributed by atoms with van der Waals surface area (Å²) in [6.45, 7) is 8.43. The molecule has 4 nitrogen and oxygen atoms in total. The normalized spacial score (nSPS) is 11.7. The Kier molecular flexibility index (Phi) is 8.21. The van der Waals surface area contributed by atoms with Crippen LogP contribution in [0.25, 0.3) is 0 Å². The molecule has 0 aromatic heterocycles. The van der Waals surface area contributed by atoms with Crippen molar-refractivity contribution >= 4 is 5.97 Å². The summed E-state index contributed by atoms with van der Waals surface area (Å²) in [5.74, 6) is 0.401. The van der Waals surface area contributed by atoms with Crippen LogP contribution in [0.1, 0.15) is 25.8 Å². The molecule has 1 unspecified atom stereocenters. The lowest BCUT2D eigenvalue weighted by atomic mass is 10.1. The minimum atomic E-state index is -0.435. The molecule has 21 heavy (non-hydrogen) atoms. The highest BCUT2D eigenvalue weighted by Crippen LogP contribution is 2.13. The number of esters is 1. The van der Waals surface area contributed by atoms with Gasteiger partial charge in [-0.15, -0.1) is 0 Å². The van der Waals surface area contributed by atoms with Crippen LogP contribution in [0.5, 0.6) is 5.75 Å². The van der Waals surface area contributed by atoms with Gasteiger partial charge >= 0.3 is 5.97 Å². The topological polar surface area (TPSA) is 44.8 Å². The second-order valence-electron chi connectivity index (χ2n) is 4.76. The summed E-state index contributed by atoms with van der Waals surface area (Å²) in [5.41, 5.74) is 1.32. The maximum absolute atomic E-state index is 10.8. The first-order valence-corrected chi connectivity index (χ1v) is 7.28. The molecule has 116 valence electrons. The van der Waals surface area contributed by atoms with E-state index in [1.807, 2.05) is 19.1 Å². The molecule has 0 spiro atoms. The largest absolute Gasteiger partial charge is 0.491 e. The van der Waals surface area contributed by atoms with Crippen molar-refractivity contribution in [3.63, 3.8) is 0 Å². The van der Waals surface area contributed by atoms with Crippen molar-refractivity contribution in [1.82, 2.24) is 0 Å². The number of carbonyl (C=O) groups excluding carboxylic acids is 1. The lowest BCUT2D eigenvalue weighted by molar-refractivity contribution is -0.140. The van der Waals surface area contributed by atoms with Gasteiger partial charge in [0.1, 0.15) is 19.0 Å². The fraction of sp³-hybridized carbons (Fsp3) is 0.471. The zero-order valence-corrected chi connectivity index (χ0v) is 12.8. The Labute approximate surface area is 126 Å². The molecule has 0 saturated heterocycles. The molecular weight excluding hydrogens is 268 g/mol. The zero-order valence-electron chi connectivity index (χ0n) is 12.8. The van der Waals surface area contributed by atoms with Crippen molar-refractivity contribution in [2.45, 2.75) is 32.8 Å². The van der Waals surface area contributed by atoms with Crippen LogP contribution in [0.4, 0.5) is 0 Å². The molecule has 1 aromatic carbocycles. The van der Waals surface area contributed by atoms with Gasteiger partial charge < -0.3 is 14.2 Å². The van der Waals surface area contributed by atoms with Gasteiger partial charge in [-0.25, -0.2) is 4.79 Å². The Morgan fingerprint density at radius 2 is 2.00 bits per heavy atom. The van der Waals surface area contributed by atoms with Crippen LogP contribution in [-0.2, 0) is 20.7 Å². The Balaban J connectivity index is 2.18. The van der Waals surface area contributed by atoms with Crippen molar-refractivity contribution in [2.24, 2.45) is 0 Å². The number of aryl methyl sites for hydroxylation is 1. The average molecular weight is 292 g/mol. The van der Waals surface area contributed by atoms with Gasteiger partial charge in [0.2, 0.25) is 0 Å². The van der Waals surface area contributed by atoms with Gasteiger partial charge in [0.05, 0.1) is 12.7 Å². The number of rotatable bonds is 10. The van der Waals surface area contributed by atoms with Gasteiger partial charge in [0.25, 0.3) is 0 Å². The standard InChI is InChI=1S/C17H24O4/c1-4-6-15-7-9-16(10-8-15)21-13-14(3)19-11-12-20-17(18)5-2/h5,7-10,14H,2,4,6,11-13H2,1,3H3. The monoisotopic (exact) mass is 292 g/mol. The summed E-state index contributed by atoms with van der Waals surface area (Å²) < 4.78 is 16.0. The first kappa shape index (κ1) is 17.2. The van der Waals surface area contributed by atoms with Gasteiger partial charge in [-0.1, -0.05) is 32.1 Å². The third kappa shape index (κ3) is 7.51. The van der Waals surface area contributed by atoms with E-state index in [9.17, 15) is 4.79 Å². The molecule has 1 rings (SSSR count). The van der Waals surface area contributed by atoms with Crippen LogP contribution in [0.2, 0.25) is 0 Å². The van der Waals surface area contributed by atoms with Crippen molar-refractivity contribution < 1.29 is 19.0 Å². The number of hydrogen-bond donors (Lipinski definition) is 0. The van der Waals surface area contributed by atoms with Crippen molar-refractivity contribution in [2.75, 3.05) is 19.8 Å². The summed E-state index contributed by atoms with van der Waals surface area (Å²) in [7, 11) is 0. The predicted octanol–water partition coefficient (Wildman–Crippen LogP) is 3.15. The fourth-order valence-corrected chi connectivity index (χ4v) is 1.75. The molecule has 0 fully saturated rings. The molecule has 0 heterocycles. The van der Waals surface area contributed by atoms with Crippen LogP contribution in [0.3, 0.4) is 0 Å². The molecule has 0 aliphatic heterocycles. The Morgan fingerprint density at radius 3 is 2.62 bits per heavy atom. The minimum Gasteiger partial charge on any atom is -0.491 e. The lowest BCUT2D eigenvalue weighted by Crippen LogP contribution is -2.21. The smallest absolute Gasteiger partial charge is 0.330 e. The van der Waals surface area contributed by atoms with E-state index in [-0.39, 0.29) is 12.7 Å². The zero-order chi connectivity index (χ0) is 15.5.